The van der Waals surface area contributed by atoms with Crippen molar-refractivity contribution in [3.05, 3.63) is 47.5 Å². The number of fused-ring (bicyclic) bond motifs is 1. The molecule has 162 valence electrons. The van der Waals surface area contributed by atoms with E-state index in [1.165, 1.54) is 4.90 Å². The minimum absolute atomic E-state index is 0.298. The highest BCUT2D eigenvalue weighted by Crippen LogP contribution is 2.22. The number of nitrogens with zero attached hydrogens (tertiary/aromatic N) is 1. The van der Waals surface area contributed by atoms with E-state index in [0.717, 1.165) is 29.2 Å². The molecule has 3 N–H and O–H groups in total. The van der Waals surface area contributed by atoms with Gasteiger partial charge >= 0.3 is 7.12 Å². The van der Waals surface area contributed by atoms with Gasteiger partial charge in [0.2, 0.25) is 5.91 Å². The molecule has 2 aromatic rings. The molecular formula is C22H31BN2O4S. The predicted octanol–water partition coefficient (Wildman–Crippen LogP) is 2.50. The van der Waals surface area contributed by atoms with Gasteiger partial charge in [0.1, 0.15) is 6.04 Å². The van der Waals surface area contributed by atoms with E-state index >= 15 is 0 Å². The van der Waals surface area contributed by atoms with Crippen molar-refractivity contribution in [2.24, 2.45) is 0 Å². The van der Waals surface area contributed by atoms with Gasteiger partial charge in [-0.3, -0.25) is 9.59 Å². The Balaban J connectivity index is 0.00000101. The molecule has 0 bridgehead atoms. The Bertz CT molecular complexity index is 877. The van der Waals surface area contributed by atoms with Crippen molar-refractivity contribution >= 4 is 41.5 Å². The minimum atomic E-state index is -1.56. The maximum absolute atomic E-state index is 12.8. The zero-order valence-electron chi connectivity index (χ0n) is 18.1. The fourth-order valence-corrected chi connectivity index (χ4v) is 3.70. The molecule has 2 amide bonds. The van der Waals surface area contributed by atoms with Crippen molar-refractivity contribution in [2.75, 3.05) is 19.1 Å². The Morgan fingerprint density at radius 3 is 2.60 bits per heavy atom. The Kier molecular flexibility index (Phi) is 9.20. The number of hydrogen-bond acceptors (Lipinski definition) is 5. The SMILES string of the molecule is CCc1ccc2cccc(C(=O)NC(C)C(=O)N3CCCC3B(O)O)c2c1.CSC. The van der Waals surface area contributed by atoms with Crippen LogP contribution in [0, 0.1) is 0 Å². The molecule has 2 aromatic carbocycles. The molecule has 30 heavy (non-hydrogen) atoms. The molecule has 1 heterocycles. The molecule has 0 aromatic heterocycles. The Labute approximate surface area is 183 Å². The number of carbonyl (C=O) groups excluding carboxylic acids is 2. The van der Waals surface area contributed by atoms with Crippen LogP contribution in [0.25, 0.3) is 10.8 Å². The number of carbonyl (C=O) groups is 2. The van der Waals surface area contributed by atoms with Crippen LogP contribution in [0.5, 0.6) is 0 Å². The molecule has 6 nitrogen and oxygen atoms in total. The van der Waals surface area contributed by atoms with E-state index in [4.69, 9.17) is 0 Å². The normalized spacial score (nSPS) is 16.6. The molecular weight excluding hydrogens is 399 g/mol. The summed E-state index contributed by atoms with van der Waals surface area (Å²) in [5, 5.41) is 23.5. The van der Waals surface area contributed by atoms with E-state index in [1.807, 2.05) is 42.8 Å². The summed E-state index contributed by atoms with van der Waals surface area (Å²) in [6.45, 7) is 4.16. The molecule has 0 aliphatic carbocycles. The van der Waals surface area contributed by atoms with E-state index in [2.05, 4.69) is 12.2 Å². The van der Waals surface area contributed by atoms with Gasteiger partial charge in [0.25, 0.3) is 5.91 Å². The van der Waals surface area contributed by atoms with Crippen LogP contribution in [0.1, 0.15) is 42.6 Å². The van der Waals surface area contributed by atoms with Crippen LogP contribution in [0.15, 0.2) is 36.4 Å². The lowest BCUT2D eigenvalue weighted by Crippen LogP contribution is -2.52. The molecule has 0 spiro atoms. The second kappa shape index (κ2) is 11.4. The Hall–Kier alpha value is -2.03. The summed E-state index contributed by atoms with van der Waals surface area (Å²) < 4.78 is 0. The molecule has 1 fully saturated rings. The first-order valence-electron chi connectivity index (χ1n) is 10.2. The molecule has 1 aliphatic rings. The minimum Gasteiger partial charge on any atom is -0.426 e. The molecule has 1 aliphatic heterocycles. The fraction of sp³-hybridized carbons (Fsp3) is 0.455. The van der Waals surface area contributed by atoms with Gasteiger partial charge in [0.15, 0.2) is 0 Å². The largest absolute Gasteiger partial charge is 0.475 e. The van der Waals surface area contributed by atoms with Crippen LogP contribution in [-0.4, -0.2) is 64.9 Å². The van der Waals surface area contributed by atoms with E-state index in [-0.39, 0.29) is 11.8 Å². The zero-order valence-corrected chi connectivity index (χ0v) is 18.9. The number of aryl methyl sites for hydroxylation is 1. The van der Waals surface area contributed by atoms with Crippen LogP contribution < -0.4 is 5.32 Å². The number of benzene rings is 2. The van der Waals surface area contributed by atoms with Crippen molar-refractivity contribution in [3.63, 3.8) is 0 Å². The van der Waals surface area contributed by atoms with Crippen molar-refractivity contribution in [2.45, 2.75) is 45.1 Å². The third kappa shape index (κ3) is 5.77. The molecule has 0 radical (unpaired) electrons. The van der Waals surface area contributed by atoms with Crippen molar-refractivity contribution < 1.29 is 19.6 Å². The standard InChI is InChI=1S/C20H25BN2O4.C2H6S/c1-3-14-9-10-15-6-4-7-16(17(15)12-14)19(24)22-13(2)20(25)23-11-5-8-18(23)21(26)27;1-3-2/h4,6-7,9-10,12-13,18,26-27H,3,5,8,11H2,1-2H3,(H,22,24);1-2H3. The second-order valence-corrected chi connectivity index (χ2v) is 8.29. The van der Waals surface area contributed by atoms with E-state index in [0.29, 0.717) is 18.5 Å². The van der Waals surface area contributed by atoms with Crippen LogP contribution in [0.4, 0.5) is 0 Å². The van der Waals surface area contributed by atoms with Crippen LogP contribution in [-0.2, 0) is 11.2 Å². The van der Waals surface area contributed by atoms with Gasteiger partial charge in [-0.05, 0) is 61.1 Å². The molecule has 2 atom stereocenters. The molecule has 0 saturated carbocycles. The summed E-state index contributed by atoms with van der Waals surface area (Å²) in [5.74, 6) is -1.22. The maximum atomic E-state index is 12.8. The van der Waals surface area contributed by atoms with Crippen LogP contribution >= 0.6 is 11.8 Å². The molecule has 2 unspecified atom stereocenters. The van der Waals surface area contributed by atoms with Gasteiger partial charge in [-0.2, -0.15) is 11.8 Å². The third-order valence-corrected chi connectivity index (χ3v) is 5.24. The maximum Gasteiger partial charge on any atom is 0.475 e. The Morgan fingerprint density at radius 1 is 1.27 bits per heavy atom. The number of nitrogens with one attached hydrogen (secondary N) is 1. The van der Waals surface area contributed by atoms with E-state index in [1.54, 1.807) is 24.8 Å². The summed E-state index contributed by atoms with van der Waals surface area (Å²) in [6, 6.07) is 10.8. The predicted molar refractivity (Wildman–Crippen MR) is 125 cm³/mol. The van der Waals surface area contributed by atoms with Crippen LogP contribution in [0.2, 0.25) is 0 Å². The number of amides is 2. The summed E-state index contributed by atoms with van der Waals surface area (Å²) in [6.07, 6.45) is 6.23. The average Bonchev–Trinajstić information content (AvgIpc) is 3.23. The summed E-state index contributed by atoms with van der Waals surface area (Å²) >= 11 is 1.75. The highest BCUT2D eigenvalue weighted by Gasteiger charge is 2.38. The first kappa shape index (κ1) is 24.2. The number of hydrogen-bond donors (Lipinski definition) is 3. The van der Waals surface area contributed by atoms with E-state index < -0.39 is 19.1 Å². The fourth-order valence-electron chi connectivity index (χ4n) is 3.70. The first-order valence-corrected chi connectivity index (χ1v) is 11.9. The zero-order chi connectivity index (χ0) is 22.3. The van der Waals surface area contributed by atoms with Gasteiger partial charge < -0.3 is 20.3 Å². The average molecular weight is 430 g/mol. The van der Waals surface area contributed by atoms with Gasteiger partial charge in [-0.1, -0.05) is 37.3 Å². The number of thioether (sulfide) groups is 1. The topological polar surface area (TPSA) is 89.9 Å². The summed E-state index contributed by atoms with van der Waals surface area (Å²) in [5.41, 5.74) is 1.67. The molecule has 3 rings (SSSR count). The van der Waals surface area contributed by atoms with Gasteiger partial charge in [-0.15, -0.1) is 0 Å². The van der Waals surface area contributed by atoms with Gasteiger partial charge in [0.05, 0.1) is 5.94 Å². The summed E-state index contributed by atoms with van der Waals surface area (Å²) in [7, 11) is -1.56. The highest BCUT2D eigenvalue weighted by atomic mass is 32.2. The quantitative estimate of drug-likeness (QED) is 0.635. The lowest BCUT2D eigenvalue weighted by molar-refractivity contribution is -0.132. The van der Waals surface area contributed by atoms with E-state index in [9.17, 15) is 19.6 Å². The highest BCUT2D eigenvalue weighted by molar-refractivity contribution is 7.97. The van der Waals surface area contributed by atoms with Gasteiger partial charge in [0, 0.05) is 12.1 Å². The lowest BCUT2D eigenvalue weighted by atomic mass is 9.78. The number of rotatable bonds is 5. The third-order valence-electron chi connectivity index (χ3n) is 5.24. The van der Waals surface area contributed by atoms with Crippen molar-refractivity contribution in [3.8, 4) is 0 Å². The number of likely N-dealkylation sites (tertiary alicyclic amines) is 1. The Morgan fingerprint density at radius 2 is 1.97 bits per heavy atom. The smallest absolute Gasteiger partial charge is 0.426 e. The van der Waals surface area contributed by atoms with Crippen molar-refractivity contribution in [1.29, 1.82) is 0 Å². The van der Waals surface area contributed by atoms with Crippen molar-refractivity contribution in [1.82, 2.24) is 10.2 Å². The summed E-state index contributed by atoms with van der Waals surface area (Å²) in [4.78, 5) is 27.0. The monoisotopic (exact) mass is 430 g/mol. The van der Waals surface area contributed by atoms with Gasteiger partial charge in [-0.25, -0.2) is 0 Å². The second-order valence-electron chi connectivity index (χ2n) is 7.47. The first-order chi connectivity index (χ1) is 14.3. The lowest BCUT2D eigenvalue weighted by Gasteiger charge is -2.27. The van der Waals surface area contributed by atoms with Crippen LogP contribution in [0.3, 0.4) is 0 Å². The molecule has 8 heteroatoms. The molecule has 1 saturated heterocycles.